The van der Waals surface area contributed by atoms with Crippen LogP contribution in [-0.4, -0.2) is 47.2 Å². The summed E-state index contributed by atoms with van der Waals surface area (Å²) in [5.41, 5.74) is 0. The van der Waals surface area contributed by atoms with Gasteiger partial charge < -0.3 is 5.32 Å². The van der Waals surface area contributed by atoms with Gasteiger partial charge in [0.25, 0.3) is 0 Å². The van der Waals surface area contributed by atoms with Gasteiger partial charge in [-0.05, 0) is 31.0 Å². The lowest BCUT2D eigenvalue weighted by atomic mass is 10.1. The van der Waals surface area contributed by atoms with E-state index in [1.165, 1.54) is 6.20 Å². The molecule has 1 aromatic heterocycles. The molecular weight excluding hydrogens is 278 g/mol. The third kappa shape index (κ3) is 3.67. The van der Waals surface area contributed by atoms with Gasteiger partial charge in [0.05, 0.1) is 6.20 Å². The molecule has 2 rings (SSSR count). The molecule has 0 bridgehead atoms. The Hall–Kier alpha value is -0.650. The molecule has 1 aliphatic heterocycles. The van der Waals surface area contributed by atoms with Crippen molar-refractivity contribution in [2.75, 3.05) is 31.6 Å². The molecule has 18 heavy (non-hydrogen) atoms. The molecule has 0 radical (unpaired) electrons. The molecule has 2 heterocycles. The Morgan fingerprint density at radius 3 is 3.11 bits per heavy atom. The molecule has 100 valence electrons. The Morgan fingerprint density at radius 1 is 1.50 bits per heavy atom. The first-order valence-corrected chi connectivity index (χ1v) is 6.67. The van der Waals surface area contributed by atoms with Crippen LogP contribution in [0.2, 0.25) is 10.3 Å². The standard InChI is InChI=1S/C11H15Cl2FN4/c12-9-6-15-11(13)17-10(9)16-8-2-1-4-18(7-8)5-3-14/h6,8H,1-5,7H2,(H,15,16,17)/t8-/m1/s1. The number of likely N-dealkylation sites (tertiary alicyclic amines) is 1. The van der Waals surface area contributed by atoms with Gasteiger partial charge in [-0.2, -0.15) is 4.98 Å². The van der Waals surface area contributed by atoms with E-state index in [2.05, 4.69) is 20.2 Å². The van der Waals surface area contributed by atoms with Crippen molar-refractivity contribution in [3.63, 3.8) is 0 Å². The summed E-state index contributed by atoms with van der Waals surface area (Å²) in [7, 11) is 0. The SMILES string of the molecule is FCCN1CCC[C@@H](Nc2nc(Cl)ncc2Cl)C1. The van der Waals surface area contributed by atoms with Crippen LogP contribution in [0.1, 0.15) is 12.8 Å². The number of nitrogens with zero attached hydrogens (tertiary/aromatic N) is 3. The van der Waals surface area contributed by atoms with Crippen molar-refractivity contribution in [2.24, 2.45) is 0 Å². The molecule has 0 unspecified atom stereocenters. The molecule has 0 aromatic carbocycles. The third-order valence-corrected chi connectivity index (χ3v) is 3.42. The maximum absolute atomic E-state index is 12.3. The van der Waals surface area contributed by atoms with Crippen LogP contribution >= 0.6 is 23.2 Å². The van der Waals surface area contributed by atoms with Crippen LogP contribution in [0.25, 0.3) is 0 Å². The summed E-state index contributed by atoms with van der Waals surface area (Å²) < 4.78 is 12.3. The lowest BCUT2D eigenvalue weighted by molar-refractivity contribution is 0.200. The van der Waals surface area contributed by atoms with E-state index in [9.17, 15) is 4.39 Å². The van der Waals surface area contributed by atoms with Crippen molar-refractivity contribution in [1.82, 2.24) is 14.9 Å². The van der Waals surface area contributed by atoms with Crippen LogP contribution in [0.15, 0.2) is 6.20 Å². The first kappa shape index (κ1) is 13.8. The minimum absolute atomic E-state index is 0.165. The average Bonchev–Trinajstić information content (AvgIpc) is 2.35. The predicted octanol–water partition coefficient (Wildman–Crippen LogP) is 2.63. The van der Waals surface area contributed by atoms with Gasteiger partial charge in [-0.1, -0.05) is 11.6 Å². The summed E-state index contributed by atoms with van der Waals surface area (Å²) in [4.78, 5) is 9.95. The normalized spacial score (nSPS) is 20.9. The highest BCUT2D eigenvalue weighted by Crippen LogP contribution is 2.22. The second-order valence-corrected chi connectivity index (χ2v) is 5.05. The van der Waals surface area contributed by atoms with Crippen LogP contribution < -0.4 is 5.32 Å². The summed E-state index contributed by atoms with van der Waals surface area (Å²) in [6.07, 6.45) is 3.52. The highest BCUT2D eigenvalue weighted by atomic mass is 35.5. The smallest absolute Gasteiger partial charge is 0.224 e. The van der Waals surface area contributed by atoms with E-state index < -0.39 is 0 Å². The van der Waals surface area contributed by atoms with Gasteiger partial charge in [0.15, 0.2) is 0 Å². The Kier molecular flexibility index (Phi) is 4.97. The highest BCUT2D eigenvalue weighted by molar-refractivity contribution is 6.33. The number of hydrogen-bond acceptors (Lipinski definition) is 4. The zero-order valence-corrected chi connectivity index (χ0v) is 11.4. The number of piperidine rings is 1. The lowest BCUT2D eigenvalue weighted by Gasteiger charge is -2.32. The minimum Gasteiger partial charge on any atom is -0.365 e. The van der Waals surface area contributed by atoms with Crippen LogP contribution in [0.3, 0.4) is 0 Å². The van der Waals surface area contributed by atoms with Gasteiger partial charge in [-0.3, -0.25) is 4.90 Å². The summed E-state index contributed by atoms with van der Waals surface area (Å²) >= 11 is 11.7. The zero-order valence-electron chi connectivity index (χ0n) is 9.87. The molecule has 1 aliphatic rings. The summed E-state index contributed by atoms with van der Waals surface area (Å²) in [6, 6.07) is 0.216. The Balaban J connectivity index is 1.98. The van der Waals surface area contributed by atoms with E-state index >= 15 is 0 Å². The Morgan fingerprint density at radius 2 is 2.33 bits per heavy atom. The Labute approximate surface area is 116 Å². The fourth-order valence-electron chi connectivity index (χ4n) is 2.14. The number of alkyl halides is 1. The van der Waals surface area contributed by atoms with E-state index in [-0.39, 0.29) is 18.0 Å². The second kappa shape index (κ2) is 6.50. The summed E-state index contributed by atoms with van der Waals surface area (Å²) in [5.74, 6) is 0.545. The topological polar surface area (TPSA) is 41.0 Å². The fourth-order valence-corrected chi connectivity index (χ4v) is 2.42. The molecule has 4 nitrogen and oxygen atoms in total. The van der Waals surface area contributed by atoms with Gasteiger partial charge in [0.1, 0.15) is 17.5 Å². The number of anilines is 1. The molecule has 0 amide bonds. The fraction of sp³-hybridized carbons (Fsp3) is 0.636. The average molecular weight is 293 g/mol. The maximum atomic E-state index is 12.3. The summed E-state index contributed by atoms with van der Waals surface area (Å²) in [6.45, 7) is 1.91. The van der Waals surface area contributed by atoms with Crippen LogP contribution in [0, 0.1) is 0 Å². The molecule has 0 spiro atoms. The Bertz CT molecular complexity index is 403. The second-order valence-electron chi connectivity index (χ2n) is 4.31. The van der Waals surface area contributed by atoms with E-state index in [4.69, 9.17) is 23.2 Å². The van der Waals surface area contributed by atoms with E-state index in [0.29, 0.717) is 17.4 Å². The highest BCUT2D eigenvalue weighted by Gasteiger charge is 2.20. The molecule has 1 N–H and O–H groups in total. The van der Waals surface area contributed by atoms with Crippen LogP contribution in [0.4, 0.5) is 10.2 Å². The van der Waals surface area contributed by atoms with E-state index in [0.717, 1.165) is 25.9 Å². The van der Waals surface area contributed by atoms with Crippen LogP contribution in [0.5, 0.6) is 0 Å². The quantitative estimate of drug-likeness (QED) is 0.866. The van der Waals surface area contributed by atoms with Crippen LogP contribution in [-0.2, 0) is 0 Å². The predicted molar refractivity (Wildman–Crippen MR) is 71.1 cm³/mol. The van der Waals surface area contributed by atoms with Crippen molar-refractivity contribution < 1.29 is 4.39 Å². The number of rotatable bonds is 4. The summed E-state index contributed by atoms with van der Waals surface area (Å²) in [5, 5.41) is 3.86. The van der Waals surface area contributed by atoms with Crippen molar-refractivity contribution in [1.29, 1.82) is 0 Å². The van der Waals surface area contributed by atoms with Gasteiger partial charge in [0, 0.05) is 19.1 Å². The zero-order chi connectivity index (χ0) is 13.0. The van der Waals surface area contributed by atoms with Crippen molar-refractivity contribution in [2.45, 2.75) is 18.9 Å². The number of halogens is 3. The molecule has 1 fully saturated rings. The molecule has 0 saturated carbocycles. The maximum Gasteiger partial charge on any atom is 0.224 e. The number of hydrogen-bond donors (Lipinski definition) is 1. The first-order chi connectivity index (χ1) is 8.69. The van der Waals surface area contributed by atoms with Crippen molar-refractivity contribution in [3.8, 4) is 0 Å². The van der Waals surface area contributed by atoms with Gasteiger partial charge in [-0.15, -0.1) is 0 Å². The monoisotopic (exact) mass is 292 g/mol. The largest absolute Gasteiger partial charge is 0.365 e. The first-order valence-electron chi connectivity index (χ1n) is 5.92. The van der Waals surface area contributed by atoms with Gasteiger partial charge in [0.2, 0.25) is 5.28 Å². The molecular formula is C11H15Cl2FN4. The number of nitrogens with one attached hydrogen (secondary N) is 1. The molecule has 1 atom stereocenters. The molecule has 1 saturated heterocycles. The molecule has 1 aromatic rings. The van der Waals surface area contributed by atoms with Crippen molar-refractivity contribution in [3.05, 3.63) is 16.5 Å². The molecule has 7 heteroatoms. The van der Waals surface area contributed by atoms with Crippen molar-refractivity contribution >= 4 is 29.0 Å². The van der Waals surface area contributed by atoms with E-state index in [1.807, 2.05) is 0 Å². The van der Waals surface area contributed by atoms with E-state index in [1.54, 1.807) is 0 Å². The van der Waals surface area contributed by atoms with Gasteiger partial charge in [-0.25, -0.2) is 9.37 Å². The molecule has 0 aliphatic carbocycles. The van der Waals surface area contributed by atoms with Gasteiger partial charge >= 0.3 is 0 Å². The number of aromatic nitrogens is 2. The minimum atomic E-state index is -0.313. The lowest BCUT2D eigenvalue weighted by Crippen LogP contribution is -2.43. The third-order valence-electron chi connectivity index (χ3n) is 2.96.